The van der Waals surface area contributed by atoms with Crippen molar-refractivity contribution in [1.82, 2.24) is 0 Å². The Morgan fingerprint density at radius 3 is 2.44 bits per heavy atom. The van der Waals surface area contributed by atoms with Crippen LogP contribution in [-0.4, -0.2) is 24.9 Å². The number of allylic oxidation sites excluding steroid dienone is 3. The number of ether oxygens (including phenoxy) is 1. The molecule has 0 rings (SSSR count). The lowest BCUT2D eigenvalue weighted by Crippen LogP contribution is -2.22. The number of halogens is 4. The Kier molecular flexibility index (Phi) is 5.77. The highest BCUT2D eigenvalue weighted by atomic mass is 19.3. The highest BCUT2D eigenvalue weighted by molar-refractivity contribution is 5.88. The van der Waals surface area contributed by atoms with Gasteiger partial charge in [0.05, 0.1) is 6.61 Å². The summed E-state index contributed by atoms with van der Waals surface area (Å²) in [6, 6.07) is 0. The van der Waals surface area contributed by atoms with Crippen molar-refractivity contribution in [1.29, 1.82) is 0 Å². The van der Waals surface area contributed by atoms with E-state index < -0.39 is 18.3 Å². The Balaban J connectivity index is 4.47. The molecular weight excluding hydrogens is 228 g/mol. The molecule has 6 heteroatoms. The van der Waals surface area contributed by atoms with E-state index in [2.05, 4.69) is 4.74 Å². The molecule has 2 nitrogen and oxygen atoms in total. The van der Waals surface area contributed by atoms with Crippen molar-refractivity contribution in [3.63, 3.8) is 0 Å². The Hall–Kier alpha value is -1.33. The van der Waals surface area contributed by atoms with Gasteiger partial charge < -0.3 is 4.74 Å². The third-order valence-electron chi connectivity index (χ3n) is 1.55. The van der Waals surface area contributed by atoms with Crippen LogP contribution in [0.1, 0.15) is 13.8 Å². The van der Waals surface area contributed by atoms with E-state index in [1.807, 2.05) is 0 Å². The summed E-state index contributed by atoms with van der Waals surface area (Å²) >= 11 is 0. The number of carbonyl (C=O) groups is 1. The first-order valence-corrected chi connectivity index (χ1v) is 4.50. The summed E-state index contributed by atoms with van der Waals surface area (Å²) < 4.78 is 52.7. The lowest BCUT2D eigenvalue weighted by molar-refractivity contribution is -0.138. The van der Waals surface area contributed by atoms with E-state index in [-0.39, 0.29) is 18.3 Å². The van der Waals surface area contributed by atoms with E-state index >= 15 is 0 Å². The van der Waals surface area contributed by atoms with Crippen molar-refractivity contribution in [2.75, 3.05) is 6.61 Å². The molecule has 92 valence electrons. The third kappa shape index (κ3) is 4.95. The number of hydrogen-bond donors (Lipinski definition) is 0. The van der Waals surface area contributed by atoms with E-state index in [9.17, 15) is 22.4 Å². The first-order valence-electron chi connectivity index (χ1n) is 4.50. The molecule has 0 aromatic heterocycles. The van der Waals surface area contributed by atoms with Crippen LogP contribution in [0.15, 0.2) is 23.8 Å². The Morgan fingerprint density at radius 2 is 2.00 bits per heavy atom. The lowest BCUT2D eigenvalue weighted by atomic mass is 10.2. The van der Waals surface area contributed by atoms with Gasteiger partial charge in [-0.2, -0.15) is 8.78 Å². The molecule has 0 unspecified atom stereocenters. The van der Waals surface area contributed by atoms with Crippen LogP contribution in [0.4, 0.5) is 17.6 Å². The molecule has 16 heavy (non-hydrogen) atoms. The van der Waals surface area contributed by atoms with Crippen LogP contribution < -0.4 is 0 Å². The van der Waals surface area contributed by atoms with Gasteiger partial charge in [0.1, 0.15) is 0 Å². The molecule has 0 aromatic carbocycles. The van der Waals surface area contributed by atoms with Crippen LogP contribution in [0.25, 0.3) is 0 Å². The molecule has 0 saturated carbocycles. The number of rotatable bonds is 5. The fourth-order valence-electron chi connectivity index (χ4n) is 0.706. The number of carbonyl (C=O) groups excluding carboxylic acids is 1. The van der Waals surface area contributed by atoms with E-state index in [0.29, 0.717) is 6.08 Å². The summed E-state index contributed by atoms with van der Waals surface area (Å²) in [6.45, 7) is 3.08. The minimum atomic E-state index is -4.19. The van der Waals surface area contributed by atoms with Crippen LogP contribution in [0.2, 0.25) is 0 Å². The summed E-state index contributed by atoms with van der Waals surface area (Å²) in [7, 11) is 0. The van der Waals surface area contributed by atoms with Gasteiger partial charge in [0.25, 0.3) is 0 Å². The average molecular weight is 240 g/mol. The molecule has 0 amide bonds. The smallest absolute Gasteiger partial charge is 0.333 e. The first kappa shape index (κ1) is 14.7. The van der Waals surface area contributed by atoms with Crippen molar-refractivity contribution >= 4 is 5.97 Å². The van der Waals surface area contributed by atoms with E-state index in [4.69, 9.17) is 0 Å². The highest BCUT2D eigenvalue weighted by Crippen LogP contribution is 2.24. The topological polar surface area (TPSA) is 26.3 Å². The largest absolute Gasteiger partial charge is 0.463 e. The van der Waals surface area contributed by atoms with E-state index in [0.717, 1.165) is 6.08 Å². The van der Waals surface area contributed by atoms with Gasteiger partial charge in [-0.1, -0.05) is 12.2 Å². The zero-order valence-electron chi connectivity index (χ0n) is 8.84. The maximum absolute atomic E-state index is 12.4. The number of alkyl halides is 4. The van der Waals surface area contributed by atoms with Gasteiger partial charge in [0.2, 0.25) is 0 Å². The fraction of sp³-hybridized carbons (Fsp3) is 0.500. The normalized spacial score (nSPS) is 13.6. The molecule has 0 aromatic rings. The maximum atomic E-state index is 12.4. The summed E-state index contributed by atoms with van der Waals surface area (Å²) in [6.07, 6.45) is -2.02. The molecular formula is C10H12F4O2. The number of esters is 1. The van der Waals surface area contributed by atoms with Crippen molar-refractivity contribution in [2.24, 2.45) is 0 Å². The minimum Gasteiger partial charge on any atom is -0.463 e. The van der Waals surface area contributed by atoms with Gasteiger partial charge in [-0.3, -0.25) is 0 Å². The molecule has 0 bridgehead atoms. The number of hydrogen-bond acceptors (Lipinski definition) is 2. The van der Waals surface area contributed by atoms with Gasteiger partial charge in [-0.25, -0.2) is 13.6 Å². The van der Waals surface area contributed by atoms with Gasteiger partial charge in [0.15, 0.2) is 0 Å². The Bertz CT molecular complexity index is 295. The molecule has 0 atom stereocenters. The molecule has 0 heterocycles. The maximum Gasteiger partial charge on any atom is 0.333 e. The van der Waals surface area contributed by atoms with Gasteiger partial charge in [0, 0.05) is 5.57 Å². The summed E-state index contributed by atoms with van der Waals surface area (Å²) in [5.41, 5.74) is 0.0585. The van der Waals surface area contributed by atoms with Crippen molar-refractivity contribution in [2.45, 2.75) is 26.2 Å². The summed E-state index contributed by atoms with van der Waals surface area (Å²) in [5.74, 6) is -4.86. The molecule has 0 saturated heterocycles. The van der Waals surface area contributed by atoms with Crippen LogP contribution in [0.5, 0.6) is 0 Å². The van der Waals surface area contributed by atoms with Gasteiger partial charge in [-0.15, -0.1) is 0 Å². The van der Waals surface area contributed by atoms with Crippen LogP contribution >= 0.6 is 0 Å². The summed E-state index contributed by atoms with van der Waals surface area (Å²) in [5, 5.41) is 0. The highest BCUT2D eigenvalue weighted by Gasteiger charge is 2.37. The molecule has 0 spiro atoms. The SMILES string of the molecule is CCOC(=O)/C(C)=C/C=C/C(F)(F)C(F)F. The van der Waals surface area contributed by atoms with Gasteiger partial charge in [-0.05, 0) is 19.9 Å². The van der Waals surface area contributed by atoms with Crippen LogP contribution in [0.3, 0.4) is 0 Å². The van der Waals surface area contributed by atoms with Crippen molar-refractivity contribution in [3.05, 3.63) is 23.8 Å². The zero-order valence-corrected chi connectivity index (χ0v) is 8.84. The van der Waals surface area contributed by atoms with E-state index in [1.54, 1.807) is 6.92 Å². The second-order valence-corrected chi connectivity index (χ2v) is 2.90. The third-order valence-corrected chi connectivity index (χ3v) is 1.55. The van der Waals surface area contributed by atoms with Crippen molar-refractivity contribution in [3.8, 4) is 0 Å². The molecule has 0 aliphatic carbocycles. The Morgan fingerprint density at radius 1 is 1.44 bits per heavy atom. The molecule has 0 aliphatic heterocycles. The second-order valence-electron chi connectivity index (χ2n) is 2.90. The van der Waals surface area contributed by atoms with Gasteiger partial charge >= 0.3 is 18.3 Å². The molecule has 0 N–H and O–H groups in total. The quantitative estimate of drug-likeness (QED) is 0.319. The zero-order chi connectivity index (χ0) is 12.8. The predicted molar refractivity (Wildman–Crippen MR) is 50.5 cm³/mol. The van der Waals surface area contributed by atoms with Crippen LogP contribution in [0, 0.1) is 0 Å². The fourth-order valence-corrected chi connectivity index (χ4v) is 0.706. The van der Waals surface area contributed by atoms with Crippen molar-refractivity contribution < 1.29 is 27.1 Å². The summed E-state index contributed by atoms with van der Waals surface area (Å²) in [4.78, 5) is 11.0. The monoisotopic (exact) mass is 240 g/mol. The Labute approximate surface area is 90.6 Å². The second kappa shape index (κ2) is 6.30. The lowest BCUT2D eigenvalue weighted by Gasteiger charge is -2.08. The predicted octanol–water partition coefficient (Wildman–Crippen LogP) is 2.95. The minimum absolute atomic E-state index is 0.0421. The van der Waals surface area contributed by atoms with Crippen LogP contribution in [-0.2, 0) is 9.53 Å². The standard InChI is InChI=1S/C10H12F4O2/c1-3-16-8(15)7(2)5-4-6-10(13,14)9(11)12/h4-6,9H,3H2,1-2H3/b6-4+,7-5+. The molecule has 0 fully saturated rings. The van der Waals surface area contributed by atoms with E-state index in [1.165, 1.54) is 6.92 Å². The molecule has 0 radical (unpaired) electrons. The average Bonchev–Trinajstić information content (AvgIpc) is 2.17. The first-order chi connectivity index (χ1) is 7.31. The molecule has 0 aliphatic rings.